The van der Waals surface area contributed by atoms with E-state index in [2.05, 4.69) is 4.90 Å². The number of benzene rings is 1. The Bertz CT molecular complexity index is 868. The topological polar surface area (TPSA) is 91.6 Å². The molecular formula is C21H35N2O7P. The second-order valence-corrected chi connectivity index (χ2v) is 9.57. The minimum Gasteiger partial charge on any atom is -0.497 e. The number of ether oxygens (including phenoxy) is 2. The van der Waals surface area contributed by atoms with Gasteiger partial charge in [-0.2, -0.15) is 0 Å². The fourth-order valence-corrected chi connectivity index (χ4v) is 4.39. The van der Waals surface area contributed by atoms with Crippen molar-refractivity contribution in [1.29, 1.82) is 0 Å². The second kappa shape index (κ2) is 11.4. The summed E-state index contributed by atoms with van der Waals surface area (Å²) >= 11 is 0. The van der Waals surface area contributed by atoms with Crippen LogP contribution in [0.3, 0.4) is 0 Å². The molecule has 176 valence electrons. The van der Waals surface area contributed by atoms with Crippen molar-refractivity contribution in [2.24, 2.45) is 0 Å². The lowest BCUT2D eigenvalue weighted by atomic mass is 10.1. The summed E-state index contributed by atoms with van der Waals surface area (Å²) in [6.07, 6.45) is 0.546. The van der Waals surface area contributed by atoms with Gasteiger partial charge in [0, 0.05) is 18.1 Å². The van der Waals surface area contributed by atoms with Crippen LogP contribution in [-0.2, 0) is 29.3 Å². The molecule has 2 aromatic rings. The average Bonchev–Trinajstić information content (AvgIpc) is 3.02. The molecule has 0 amide bonds. The fourth-order valence-electron chi connectivity index (χ4n) is 3.00. The van der Waals surface area contributed by atoms with E-state index in [1.165, 1.54) is 0 Å². The smallest absolute Gasteiger partial charge is 0.477 e. The van der Waals surface area contributed by atoms with Crippen LogP contribution >= 0.6 is 7.82 Å². The maximum absolute atomic E-state index is 12.7. The lowest BCUT2D eigenvalue weighted by Gasteiger charge is -2.22. The third-order valence-electron chi connectivity index (χ3n) is 4.30. The van der Waals surface area contributed by atoms with Gasteiger partial charge in [0.1, 0.15) is 5.75 Å². The van der Waals surface area contributed by atoms with E-state index >= 15 is 0 Å². The molecule has 1 atom stereocenters. The molecule has 1 unspecified atom stereocenters. The highest BCUT2D eigenvalue weighted by molar-refractivity contribution is 7.48. The molecule has 0 saturated heterocycles. The fraction of sp³-hybridized carbons (Fsp3) is 0.619. The summed E-state index contributed by atoms with van der Waals surface area (Å²) in [4.78, 5) is 2.09. The van der Waals surface area contributed by atoms with Gasteiger partial charge in [-0.05, 0) is 72.0 Å². The summed E-state index contributed by atoms with van der Waals surface area (Å²) in [5.41, 5.74) is 1.82. The molecule has 0 aliphatic carbocycles. The Labute approximate surface area is 184 Å². The summed E-state index contributed by atoms with van der Waals surface area (Å²) in [6, 6.07) is 5.61. The maximum Gasteiger partial charge on any atom is 0.477 e. The number of hydrogen-bond donors (Lipinski definition) is 1. The van der Waals surface area contributed by atoms with Crippen LogP contribution < -0.4 is 4.74 Å². The Hall–Kier alpha value is -1.45. The van der Waals surface area contributed by atoms with E-state index in [0.717, 1.165) is 35.2 Å². The highest BCUT2D eigenvalue weighted by Gasteiger charge is 2.30. The maximum atomic E-state index is 12.7. The van der Waals surface area contributed by atoms with Gasteiger partial charge in [-0.3, -0.25) is 18.1 Å². The van der Waals surface area contributed by atoms with Crippen LogP contribution in [0.2, 0.25) is 0 Å². The number of fused-ring (bicyclic) bond motifs is 1. The normalized spacial score (nSPS) is 13.6. The number of nitrogens with zero attached hydrogens (tertiary/aromatic N) is 2. The summed E-state index contributed by atoms with van der Waals surface area (Å²) in [6.45, 7) is 7.28. The molecule has 0 radical (unpaired) electrons. The zero-order valence-corrected chi connectivity index (χ0v) is 20.3. The van der Waals surface area contributed by atoms with Crippen molar-refractivity contribution >= 4 is 18.7 Å². The molecule has 1 N–H and O–H groups in total. The summed E-state index contributed by atoms with van der Waals surface area (Å²) < 4.78 is 41.0. The van der Waals surface area contributed by atoms with Gasteiger partial charge in [-0.15, -0.1) is 0 Å². The number of aromatic nitrogens is 1. The molecule has 0 saturated carbocycles. The van der Waals surface area contributed by atoms with Gasteiger partial charge in [0.25, 0.3) is 0 Å². The molecule has 10 heteroatoms. The number of hydrogen-bond acceptors (Lipinski definition) is 8. The van der Waals surface area contributed by atoms with Gasteiger partial charge in [-0.25, -0.2) is 4.57 Å². The number of aliphatic hydroxyl groups excluding tert-OH is 1. The number of phosphoric ester groups is 1. The van der Waals surface area contributed by atoms with Crippen molar-refractivity contribution in [3.8, 4) is 5.75 Å². The largest absolute Gasteiger partial charge is 0.497 e. The van der Waals surface area contributed by atoms with Gasteiger partial charge in [0.05, 0.1) is 24.8 Å². The minimum atomic E-state index is -3.82. The Morgan fingerprint density at radius 1 is 1.13 bits per heavy atom. The molecule has 9 nitrogen and oxygen atoms in total. The summed E-state index contributed by atoms with van der Waals surface area (Å²) in [5, 5.41) is 11.6. The number of phosphoric acid groups is 1. The van der Waals surface area contributed by atoms with Gasteiger partial charge in [0.2, 0.25) is 6.41 Å². The number of aliphatic hydroxyl groups is 1. The molecule has 31 heavy (non-hydrogen) atoms. The predicted molar refractivity (Wildman–Crippen MR) is 119 cm³/mol. The highest BCUT2D eigenvalue weighted by Crippen LogP contribution is 2.51. The van der Waals surface area contributed by atoms with Crippen molar-refractivity contribution in [3.05, 3.63) is 30.0 Å². The average molecular weight is 458 g/mol. The third-order valence-corrected chi connectivity index (χ3v) is 6.08. The monoisotopic (exact) mass is 458 g/mol. The standard InChI is InChI=1S/C21H35N2O7P/c1-15(2)29-31(25,30-16(3)4)28-14-27-21(24)23-13-17(10-11-22(5)6)19-12-18(26-7)8-9-20(19)23/h8-9,12-13,15-16,21,24H,10-11,14H2,1-7H3. The zero-order valence-electron chi connectivity index (χ0n) is 19.4. The number of rotatable bonds is 13. The van der Waals surface area contributed by atoms with E-state index in [-0.39, 0.29) is 12.2 Å². The van der Waals surface area contributed by atoms with Crippen molar-refractivity contribution in [2.45, 2.75) is 52.7 Å². The quantitative estimate of drug-likeness (QED) is 0.354. The number of methoxy groups -OCH3 is 1. The van der Waals surface area contributed by atoms with E-state index < -0.39 is 21.0 Å². The van der Waals surface area contributed by atoms with Crippen LogP contribution in [0.25, 0.3) is 10.9 Å². The van der Waals surface area contributed by atoms with E-state index in [1.807, 2.05) is 38.5 Å². The molecule has 1 aromatic heterocycles. The van der Waals surface area contributed by atoms with Crippen LogP contribution in [0.5, 0.6) is 5.75 Å². The first-order valence-corrected chi connectivity index (χ1v) is 11.7. The van der Waals surface area contributed by atoms with Crippen LogP contribution in [-0.4, -0.2) is 61.3 Å². The number of likely N-dealkylation sites (N-methyl/N-ethyl adjacent to an activating group) is 1. The van der Waals surface area contributed by atoms with E-state index in [4.69, 9.17) is 23.0 Å². The van der Waals surface area contributed by atoms with E-state index in [0.29, 0.717) is 0 Å². The SMILES string of the molecule is COc1ccc2c(c1)c(CCN(C)C)cn2C(O)OCOP(=O)(OC(C)C)OC(C)C. The molecule has 1 aromatic carbocycles. The van der Waals surface area contributed by atoms with Crippen molar-refractivity contribution < 1.29 is 32.7 Å². The lowest BCUT2D eigenvalue weighted by Crippen LogP contribution is -2.16. The van der Waals surface area contributed by atoms with E-state index in [9.17, 15) is 9.67 Å². The molecule has 1 heterocycles. The van der Waals surface area contributed by atoms with Crippen LogP contribution in [0.15, 0.2) is 24.4 Å². The molecule has 2 rings (SSSR count). The Morgan fingerprint density at radius 2 is 1.77 bits per heavy atom. The van der Waals surface area contributed by atoms with Crippen LogP contribution in [0, 0.1) is 0 Å². The molecule has 0 aliphatic rings. The first-order chi connectivity index (χ1) is 14.5. The van der Waals surface area contributed by atoms with Crippen LogP contribution in [0.1, 0.15) is 39.7 Å². The Kier molecular flexibility index (Phi) is 9.51. The van der Waals surface area contributed by atoms with Crippen LogP contribution in [0.4, 0.5) is 0 Å². The van der Waals surface area contributed by atoms with Crippen molar-refractivity contribution in [1.82, 2.24) is 9.47 Å². The van der Waals surface area contributed by atoms with Gasteiger partial charge >= 0.3 is 7.82 Å². The molecule has 0 aliphatic heterocycles. The second-order valence-electron chi connectivity index (χ2n) is 7.99. The van der Waals surface area contributed by atoms with Gasteiger partial charge in [0.15, 0.2) is 6.79 Å². The molecule has 0 fully saturated rings. The molecular weight excluding hydrogens is 423 g/mol. The van der Waals surface area contributed by atoms with Crippen molar-refractivity contribution in [3.63, 3.8) is 0 Å². The predicted octanol–water partition coefficient (Wildman–Crippen LogP) is 4.15. The van der Waals surface area contributed by atoms with Gasteiger partial charge < -0.3 is 19.5 Å². The first-order valence-electron chi connectivity index (χ1n) is 10.3. The lowest BCUT2D eigenvalue weighted by molar-refractivity contribution is -0.190. The zero-order chi connectivity index (χ0) is 23.2. The Morgan fingerprint density at radius 3 is 2.32 bits per heavy atom. The third kappa shape index (κ3) is 7.57. The van der Waals surface area contributed by atoms with Gasteiger partial charge in [-0.1, -0.05) is 0 Å². The summed E-state index contributed by atoms with van der Waals surface area (Å²) in [5.74, 6) is 0.729. The van der Waals surface area contributed by atoms with Crippen molar-refractivity contribution in [2.75, 3.05) is 34.5 Å². The van der Waals surface area contributed by atoms with E-state index in [1.54, 1.807) is 39.4 Å². The Balaban J connectivity index is 2.17. The highest BCUT2D eigenvalue weighted by atomic mass is 31.2. The summed E-state index contributed by atoms with van der Waals surface area (Å²) in [7, 11) is 1.80. The minimum absolute atomic E-state index is 0.364. The molecule has 0 bridgehead atoms. The first kappa shape index (κ1) is 25.8. The molecule has 0 spiro atoms.